The first-order valence-corrected chi connectivity index (χ1v) is 15.8. The molecular weight excluding hydrogens is 574 g/mol. The summed E-state index contributed by atoms with van der Waals surface area (Å²) in [7, 11) is 0. The summed E-state index contributed by atoms with van der Waals surface area (Å²) < 4.78 is 11.0. The molecule has 0 amide bonds. The summed E-state index contributed by atoms with van der Waals surface area (Å²) in [6.45, 7) is 0. The highest BCUT2D eigenvalue weighted by Gasteiger charge is 2.19. The molecule has 0 fully saturated rings. The van der Waals surface area contributed by atoms with Crippen LogP contribution in [0.3, 0.4) is 0 Å². The first-order chi connectivity index (χ1) is 23.3. The number of furan rings is 1. The van der Waals surface area contributed by atoms with Crippen LogP contribution in [0.1, 0.15) is 5.56 Å². The van der Waals surface area contributed by atoms with Crippen LogP contribution in [-0.4, -0.2) is 9.13 Å². The van der Waals surface area contributed by atoms with Gasteiger partial charge in [-0.2, -0.15) is 5.26 Å². The maximum Gasteiger partial charge on any atom is 0.135 e. The molecule has 0 radical (unpaired) electrons. The monoisotopic (exact) mass is 599 g/mol. The van der Waals surface area contributed by atoms with Crippen LogP contribution >= 0.6 is 0 Å². The number of para-hydroxylation sites is 5. The summed E-state index contributed by atoms with van der Waals surface area (Å²) in [5, 5.41) is 17.0. The average molecular weight is 600 g/mol. The molecule has 0 aliphatic heterocycles. The van der Waals surface area contributed by atoms with E-state index in [2.05, 4.69) is 143 Å². The van der Waals surface area contributed by atoms with E-state index in [4.69, 9.17) is 4.42 Å². The summed E-state index contributed by atoms with van der Waals surface area (Å²) in [6.07, 6.45) is 0. The number of hydrogen-bond acceptors (Lipinski definition) is 2. The van der Waals surface area contributed by atoms with Gasteiger partial charge in [-0.05, 0) is 66.2 Å². The molecular formula is C43H25N3O. The predicted octanol–water partition coefficient (Wildman–Crippen LogP) is 11.3. The van der Waals surface area contributed by atoms with Crippen LogP contribution < -0.4 is 0 Å². The fraction of sp³-hybridized carbons (Fsp3) is 0. The van der Waals surface area contributed by atoms with Crippen molar-refractivity contribution in [2.75, 3.05) is 0 Å². The molecule has 0 bridgehead atoms. The van der Waals surface area contributed by atoms with Crippen molar-refractivity contribution in [2.24, 2.45) is 0 Å². The van der Waals surface area contributed by atoms with Crippen LogP contribution in [0.15, 0.2) is 156 Å². The summed E-state index contributed by atoms with van der Waals surface area (Å²) >= 11 is 0. The van der Waals surface area contributed by atoms with Crippen LogP contribution in [0.5, 0.6) is 0 Å². The van der Waals surface area contributed by atoms with E-state index < -0.39 is 0 Å². The Morgan fingerprint density at radius 3 is 1.77 bits per heavy atom. The van der Waals surface area contributed by atoms with Crippen molar-refractivity contribution in [2.45, 2.75) is 0 Å². The lowest BCUT2D eigenvalue weighted by Gasteiger charge is -2.13. The van der Waals surface area contributed by atoms with Crippen LogP contribution in [0.4, 0.5) is 0 Å². The maximum absolute atomic E-state index is 10.1. The van der Waals surface area contributed by atoms with Gasteiger partial charge in [0, 0.05) is 43.6 Å². The first-order valence-electron chi connectivity index (χ1n) is 15.8. The molecule has 0 saturated carbocycles. The Bertz CT molecular complexity index is 2880. The van der Waals surface area contributed by atoms with Crippen LogP contribution in [0.25, 0.3) is 88.1 Å². The number of rotatable bonds is 3. The lowest BCUT2D eigenvalue weighted by Crippen LogP contribution is -1.98. The molecule has 0 unspecified atom stereocenters. The van der Waals surface area contributed by atoms with E-state index in [1.165, 1.54) is 21.8 Å². The minimum absolute atomic E-state index is 0.638. The van der Waals surface area contributed by atoms with E-state index in [1.54, 1.807) is 0 Å². The number of benzene rings is 7. The topological polar surface area (TPSA) is 46.8 Å². The fourth-order valence-electron chi connectivity index (χ4n) is 7.54. The van der Waals surface area contributed by atoms with E-state index in [0.717, 1.165) is 66.2 Å². The van der Waals surface area contributed by atoms with Crippen molar-refractivity contribution in [1.82, 2.24) is 9.13 Å². The highest BCUT2D eigenvalue weighted by molar-refractivity contribution is 6.15. The number of hydrogen-bond donors (Lipinski definition) is 0. The van der Waals surface area contributed by atoms with E-state index in [9.17, 15) is 5.26 Å². The molecule has 3 heterocycles. The Hall–Kier alpha value is -6.57. The van der Waals surface area contributed by atoms with Gasteiger partial charge >= 0.3 is 0 Å². The Labute approximate surface area is 269 Å². The van der Waals surface area contributed by atoms with Crippen molar-refractivity contribution in [3.8, 4) is 28.6 Å². The van der Waals surface area contributed by atoms with Crippen LogP contribution in [-0.2, 0) is 0 Å². The molecule has 10 aromatic rings. The van der Waals surface area contributed by atoms with E-state index in [-0.39, 0.29) is 0 Å². The van der Waals surface area contributed by atoms with Gasteiger partial charge in [0.1, 0.15) is 17.2 Å². The third-order valence-electron chi connectivity index (χ3n) is 9.56. The van der Waals surface area contributed by atoms with Crippen molar-refractivity contribution in [3.05, 3.63) is 157 Å². The van der Waals surface area contributed by atoms with E-state index >= 15 is 0 Å². The molecule has 0 spiro atoms. The van der Waals surface area contributed by atoms with Crippen LogP contribution in [0, 0.1) is 11.3 Å². The Morgan fingerprint density at radius 2 is 1.04 bits per heavy atom. The van der Waals surface area contributed by atoms with Crippen molar-refractivity contribution < 1.29 is 4.42 Å². The second-order valence-electron chi connectivity index (χ2n) is 12.0. The van der Waals surface area contributed by atoms with Crippen molar-refractivity contribution in [1.29, 1.82) is 5.26 Å². The highest BCUT2D eigenvalue weighted by atomic mass is 16.3. The van der Waals surface area contributed by atoms with E-state index in [1.807, 2.05) is 24.3 Å². The first kappa shape index (κ1) is 25.7. The molecule has 4 heteroatoms. The molecule has 0 saturated heterocycles. The zero-order valence-electron chi connectivity index (χ0n) is 25.2. The third kappa shape index (κ3) is 3.63. The van der Waals surface area contributed by atoms with Crippen molar-refractivity contribution in [3.63, 3.8) is 0 Å². The Kier molecular flexibility index (Phi) is 5.32. The summed E-state index contributed by atoms with van der Waals surface area (Å²) in [5.74, 6) is 0. The molecule has 0 aliphatic rings. The van der Waals surface area contributed by atoms with Gasteiger partial charge in [0.25, 0.3) is 0 Å². The van der Waals surface area contributed by atoms with Gasteiger partial charge in [-0.15, -0.1) is 0 Å². The maximum atomic E-state index is 10.1. The fourth-order valence-corrected chi connectivity index (χ4v) is 7.54. The molecule has 47 heavy (non-hydrogen) atoms. The zero-order valence-corrected chi connectivity index (χ0v) is 25.2. The highest BCUT2D eigenvalue weighted by Crippen LogP contribution is 2.41. The van der Waals surface area contributed by atoms with Gasteiger partial charge in [0.05, 0.1) is 33.3 Å². The zero-order chi connectivity index (χ0) is 31.1. The second kappa shape index (κ2) is 9.71. The second-order valence-corrected chi connectivity index (χ2v) is 12.0. The summed E-state index contributed by atoms with van der Waals surface area (Å²) in [4.78, 5) is 0. The minimum atomic E-state index is 0.638. The Balaban J connectivity index is 1.24. The minimum Gasteiger partial charge on any atom is -0.456 e. The largest absolute Gasteiger partial charge is 0.456 e. The van der Waals surface area contributed by atoms with Gasteiger partial charge in [-0.3, -0.25) is 0 Å². The molecule has 0 N–H and O–H groups in total. The standard InChI is InChI=1S/C43H25N3O/c44-26-28-10-1-5-16-37(28)46-40-19-8-4-13-33(40)34-15-9-14-30(43(34)46)27-20-22-41-35(24-27)36-25-29(21-23-42(36)47-41)45-38-17-6-2-11-31(38)32-12-3-7-18-39(32)45/h1-25H. The smallest absolute Gasteiger partial charge is 0.135 e. The number of nitriles is 1. The third-order valence-corrected chi connectivity index (χ3v) is 9.56. The SMILES string of the molecule is N#Cc1ccccc1-n1c2ccccc2c2cccc(-c3ccc4oc5ccc(-n6c7ccccc7c7ccccc76)cc5c4c3)c21. The molecule has 0 aliphatic carbocycles. The number of aromatic nitrogens is 2. The molecule has 0 atom stereocenters. The molecule has 10 rings (SSSR count). The van der Waals surface area contributed by atoms with Gasteiger partial charge in [-0.25, -0.2) is 0 Å². The van der Waals surface area contributed by atoms with Gasteiger partial charge in [0.2, 0.25) is 0 Å². The number of nitrogens with zero attached hydrogens (tertiary/aromatic N) is 3. The summed E-state index contributed by atoms with van der Waals surface area (Å²) in [5.41, 5.74) is 11.0. The Morgan fingerprint density at radius 1 is 0.468 bits per heavy atom. The van der Waals surface area contributed by atoms with Crippen molar-refractivity contribution >= 4 is 65.6 Å². The lowest BCUT2D eigenvalue weighted by atomic mass is 9.99. The van der Waals surface area contributed by atoms with Crippen LogP contribution in [0.2, 0.25) is 0 Å². The van der Waals surface area contributed by atoms with Gasteiger partial charge < -0.3 is 13.6 Å². The molecule has 3 aromatic heterocycles. The normalized spacial score (nSPS) is 11.8. The predicted molar refractivity (Wildman–Crippen MR) is 193 cm³/mol. The lowest BCUT2D eigenvalue weighted by molar-refractivity contribution is 0.669. The molecule has 4 nitrogen and oxygen atoms in total. The number of fused-ring (bicyclic) bond motifs is 9. The van der Waals surface area contributed by atoms with E-state index in [0.29, 0.717) is 5.56 Å². The van der Waals surface area contributed by atoms with Gasteiger partial charge in [0.15, 0.2) is 0 Å². The molecule has 218 valence electrons. The average Bonchev–Trinajstić information content (AvgIpc) is 3.79. The summed E-state index contributed by atoms with van der Waals surface area (Å²) in [6, 6.07) is 55.3. The molecule has 7 aromatic carbocycles. The quantitative estimate of drug-likeness (QED) is 0.203. The van der Waals surface area contributed by atoms with Gasteiger partial charge in [-0.1, -0.05) is 91.0 Å².